The summed E-state index contributed by atoms with van der Waals surface area (Å²) < 4.78 is 12.7. The van der Waals surface area contributed by atoms with Crippen molar-refractivity contribution >= 4 is 10.9 Å². The topological polar surface area (TPSA) is 98.2 Å². The number of benzene rings is 1. The summed E-state index contributed by atoms with van der Waals surface area (Å²) in [6.45, 7) is 5.71. The Labute approximate surface area is 175 Å². The Balaban J connectivity index is 1.58. The molecule has 0 saturated carbocycles. The van der Waals surface area contributed by atoms with Gasteiger partial charge in [0.05, 0.1) is 25.8 Å². The Morgan fingerprint density at radius 2 is 2.23 bits per heavy atom. The summed E-state index contributed by atoms with van der Waals surface area (Å²) >= 11 is 0. The van der Waals surface area contributed by atoms with Gasteiger partial charge in [0.25, 0.3) is 5.56 Å². The number of fused-ring (bicyclic) bond motifs is 1. The lowest BCUT2D eigenvalue weighted by Gasteiger charge is -2.24. The molecule has 9 heteroatoms. The second-order valence-electron chi connectivity index (χ2n) is 7.83. The van der Waals surface area contributed by atoms with Gasteiger partial charge >= 0.3 is 0 Å². The first kappa shape index (κ1) is 20.6. The molecular weight excluding hydrogens is 384 g/mol. The predicted octanol–water partition coefficient (Wildman–Crippen LogP) is 1.65. The van der Waals surface area contributed by atoms with E-state index in [9.17, 15) is 4.79 Å². The molecule has 0 spiro atoms. The van der Waals surface area contributed by atoms with Crippen molar-refractivity contribution in [3.63, 3.8) is 0 Å². The first-order chi connectivity index (χ1) is 14.6. The third-order valence-corrected chi connectivity index (χ3v) is 5.43. The number of aromatic amines is 1. The Bertz CT molecular complexity index is 1040. The number of H-pyrrole nitrogens is 1. The largest absolute Gasteiger partial charge is 0.383 e. The van der Waals surface area contributed by atoms with Gasteiger partial charge in [0, 0.05) is 37.9 Å². The Kier molecular flexibility index (Phi) is 6.51. The summed E-state index contributed by atoms with van der Waals surface area (Å²) in [4.78, 5) is 17.9. The molecule has 3 aromatic rings. The average molecular weight is 412 g/mol. The number of nitrogens with zero attached hydrogens (tertiary/aromatic N) is 5. The molecule has 2 aromatic heterocycles. The van der Waals surface area contributed by atoms with Crippen LogP contribution in [0.4, 0.5) is 0 Å². The monoisotopic (exact) mass is 412 g/mol. The third-order valence-electron chi connectivity index (χ3n) is 5.43. The number of aryl methyl sites for hydroxylation is 1. The summed E-state index contributed by atoms with van der Waals surface area (Å²) in [6.07, 6.45) is 2.26. The Hall–Kier alpha value is -2.62. The fraction of sp³-hybridized carbons (Fsp3) is 0.524. The lowest BCUT2D eigenvalue weighted by Crippen LogP contribution is -2.34. The van der Waals surface area contributed by atoms with E-state index in [-0.39, 0.29) is 11.7 Å². The SMILES string of the molecule is COCCn1nnnc1CN(Cc1cc2cc(C)ccc2[nH]c1=O)CC1CCCO1. The second-order valence-corrected chi connectivity index (χ2v) is 7.83. The van der Waals surface area contributed by atoms with E-state index in [1.807, 2.05) is 25.1 Å². The van der Waals surface area contributed by atoms with Crippen LogP contribution in [0.1, 0.15) is 29.8 Å². The maximum absolute atomic E-state index is 12.7. The Morgan fingerprint density at radius 3 is 3.03 bits per heavy atom. The average Bonchev–Trinajstić information content (AvgIpc) is 3.39. The van der Waals surface area contributed by atoms with E-state index in [1.54, 1.807) is 11.8 Å². The molecule has 1 aliphatic heterocycles. The molecular formula is C21H28N6O3. The zero-order valence-electron chi connectivity index (χ0n) is 17.5. The van der Waals surface area contributed by atoms with Gasteiger partial charge in [-0.25, -0.2) is 4.68 Å². The number of hydrogen-bond donors (Lipinski definition) is 1. The minimum Gasteiger partial charge on any atom is -0.383 e. The molecule has 1 aromatic carbocycles. The number of hydrogen-bond acceptors (Lipinski definition) is 7. The van der Waals surface area contributed by atoms with Crippen molar-refractivity contribution in [3.8, 4) is 0 Å². The standard InChI is InChI=1S/C21H28N6O3/c1-15-5-6-19-16(10-15)11-17(21(28)22-19)12-26(13-18-4-3-8-30-18)14-20-23-24-25-27(20)7-9-29-2/h5-6,10-11,18H,3-4,7-9,12-14H2,1-2H3,(H,22,28). The highest BCUT2D eigenvalue weighted by atomic mass is 16.5. The number of nitrogens with one attached hydrogen (secondary N) is 1. The van der Waals surface area contributed by atoms with Crippen LogP contribution < -0.4 is 5.56 Å². The van der Waals surface area contributed by atoms with E-state index in [4.69, 9.17) is 9.47 Å². The third kappa shape index (κ3) is 4.92. The highest BCUT2D eigenvalue weighted by molar-refractivity contribution is 5.79. The van der Waals surface area contributed by atoms with Crippen LogP contribution in [0.25, 0.3) is 10.9 Å². The zero-order chi connectivity index (χ0) is 20.9. The smallest absolute Gasteiger partial charge is 0.252 e. The van der Waals surface area contributed by atoms with Crippen LogP contribution in [-0.4, -0.2) is 63.1 Å². The molecule has 1 saturated heterocycles. The van der Waals surface area contributed by atoms with E-state index < -0.39 is 0 Å². The maximum Gasteiger partial charge on any atom is 0.252 e. The van der Waals surface area contributed by atoms with Gasteiger partial charge in [-0.3, -0.25) is 9.69 Å². The number of ether oxygens (including phenoxy) is 2. The molecule has 0 aliphatic carbocycles. The normalized spacial score (nSPS) is 16.7. The molecule has 4 rings (SSSR count). The van der Waals surface area contributed by atoms with Crippen LogP contribution in [0.3, 0.4) is 0 Å². The summed E-state index contributed by atoms with van der Waals surface area (Å²) in [6, 6.07) is 8.02. The highest BCUT2D eigenvalue weighted by Gasteiger charge is 2.22. The summed E-state index contributed by atoms with van der Waals surface area (Å²) in [5.41, 5.74) is 2.67. The zero-order valence-corrected chi connectivity index (χ0v) is 17.5. The molecule has 1 atom stereocenters. The molecule has 30 heavy (non-hydrogen) atoms. The molecule has 3 heterocycles. The molecule has 0 bridgehead atoms. The molecule has 1 fully saturated rings. The van der Waals surface area contributed by atoms with E-state index >= 15 is 0 Å². The summed E-state index contributed by atoms with van der Waals surface area (Å²) in [5.74, 6) is 0.748. The van der Waals surface area contributed by atoms with Crippen molar-refractivity contribution in [1.82, 2.24) is 30.1 Å². The van der Waals surface area contributed by atoms with Crippen molar-refractivity contribution in [2.75, 3.05) is 26.9 Å². The first-order valence-corrected chi connectivity index (χ1v) is 10.3. The lowest BCUT2D eigenvalue weighted by molar-refractivity contribution is 0.0660. The number of aromatic nitrogens is 5. The number of methoxy groups -OCH3 is 1. The predicted molar refractivity (Wildman–Crippen MR) is 112 cm³/mol. The van der Waals surface area contributed by atoms with Crippen LogP contribution >= 0.6 is 0 Å². The van der Waals surface area contributed by atoms with Crippen LogP contribution in [0.5, 0.6) is 0 Å². The summed E-state index contributed by atoms with van der Waals surface area (Å²) in [7, 11) is 1.65. The van der Waals surface area contributed by atoms with Crippen molar-refractivity contribution in [3.05, 3.63) is 51.6 Å². The Morgan fingerprint density at radius 1 is 1.33 bits per heavy atom. The van der Waals surface area contributed by atoms with Crippen LogP contribution in [0.15, 0.2) is 29.1 Å². The van der Waals surface area contributed by atoms with Gasteiger partial charge in [-0.2, -0.15) is 0 Å². The van der Waals surface area contributed by atoms with E-state index in [0.29, 0.717) is 26.2 Å². The molecule has 1 N–H and O–H groups in total. The lowest BCUT2D eigenvalue weighted by atomic mass is 10.1. The maximum atomic E-state index is 12.7. The van der Waals surface area contributed by atoms with E-state index in [0.717, 1.165) is 53.8 Å². The van der Waals surface area contributed by atoms with Crippen LogP contribution in [-0.2, 0) is 29.1 Å². The van der Waals surface area contributed by atoms with Gasteiger partial charge in [0.15, 0.2) is 5.82 Å². The highest BCUT2D eigenvalue weighted by Crippen LogP contribution is 2.18. The number of tetrazole rings is 1. The molecule has 1 unspecified atom stereocenters. The number of pyridine rings is 1. The summed E-state index contributed by atoms with van der Waals surface area (Å²) in [5, 5.41) is 13.1. The van der Waals surface area contributed by atoms with E-state index in [2.05, 4.69) is 31.5 Å². The van der Waals surface area contributed by atoms with Gasteiger partial charge in [-0.05, 0) is 53.8 Å². The van der Waals surface area contributed by atoms with Crippen molar-refractivity contribution in [2.45, 2.75) is 45.5 Å². The fourth-order valence-electron chi connectivity index (χ4n) is 3.88. The van der Waals surface area contributed by atoms with Gasteiger partial charge in [0.1, 0.15) is 0 Å². The van der Waals surface area contributed by atoms with Crippen LogP contribution in [0, 0.1) is 6.92 Å². The molecule has 160 valence electrons. The number of rotatable bonds is 9. The molecule has 9 nitrogen and oxygen atoms in total. The van der Waals surface area contributed by atoms with Crippen molar-refractivity contribution in [2.24, 2.45) is 0 Å². The van der Waals surface area contributed by atoms with Gasteiger partial charge in [0.2, 0.25) is 0 Å². The van der Waals surface area contributed by atoms with Crippen LogP contribution in [0.2, 0.25) is 0 Å². The molecule has 0 radical (unpaired) electrons. The minimum absolute atomic E-state index is 0.0670. The molecule has 0 amide bonds. The molecule has 1 aliphatic rings. The van der Waals surface area contributed by atoms with Crippen molar-refractivity contribution in [1.29, 1.82) is 0 Å². The van der Waals surface area contributed by atoms with Gasteiger partial charge in [-0.1, -0.05) is 11.6 Å². The first-order valence-electron chi connectivity index (χ1n) is 10.3. The quantitative estimate of drug-likeness (QED) is 0.571. The van der Waals surface area contributed by atoms with E-state index in [1.165, 1.54) is 0 Å². The minimum atomic E-state index is -0.0670. The second kappa shape index (κ2) is 9.46. The fourth-order valence-corrected chi connectivity index (χ4v) is 3.88. The van der Waals surface area contributed by atoms with Gasteiger partial charge in [-0.15, -0.1) is 5.10 Å². The van der Waals surface area contributed by atoms with Crippen molar-refractivity contribution < 1.29 is 9.47 Å². The van der Waals surface area contributed by atoms with Gasteiger partial charge < -0.3 is 14.5 Å².